The first-order valence-corrected chi connectivity index (χ1v) is 7.90. The maximum Gasteiger partial charge on any atom is 0.317 e. The second kappa shape index (κ2) is 7.49. The molecule has 0 bridgehead atoms. The van der Waals surface area contributed by atoms with Crippen LogP contribution in [0.1, 0.15) is 25.8 Å². The maximum absolute atomic E-state index is 12.1. The van der Waals surface area contributed by atoms with Crippen LogP contribution in [0.4, 0.5) is 4.79 Å². The summed E-state index contributed by atoms with van der Waals surface area (Å²) in [6.07, 6.45) is 0.295. The molecular weight excluding hydrogens is 280 g/mol. The van der Waals surface area contributed by atoms with Crippen LogP contribution < -0.4 is 10.1 Å². The molecule has 0 radical (unpaired) electrons. The molecule has 3 unspecified atom stereocenters. The lowest BCUT2D eigenvalue weighted by atomic mass is 9.96. The number of aliphatic hydroxyl groups is 1. The highest BCUT2D eigenvalue weighted by molar-refractivity contribution is 5.74. The van der Waals surface area contributed by atoms with Gasteiger partial charge in [-0.15, -0.1) is 0 Å². The van der Waals surface area contributed by atoms with Crippen LogP contribution in [-0.2, 0) is 0 Å². The van der Waals surface area contributed by atoms with Crippen molar-refractivity contribution in [1.29, 1.82) is 0 Å². The minimum atomic E-state index is -0.430. The molecule has 1 heterocycles. The molecule has 3 atom stereocenters. The number of rotatable bonds is 4. The number of carbonyl (C=O) groups excluding carboxylic acids is 1. The summed E-state index contributed by atoms with van der Waals surface area (Å²) in [7, 11) is 0. The molecule has 5 nitrogen and oxygen atoms in total. The fourth-order valence-electron chi connectivity index (χ4n) is 2.54. The Hall–Kier alpha value is -1.75. The standard InChI is InChI=1S/C17H26N2O3/c1-12-5-4-6-15(9-12)22-14(3)10-18-17(21)19-8-7-13(2)16(20)11-19/h4-6,9,13-14,16,20H,7-8,10-11H2,1-3H3,(H,18,21). The molecule has 0 spiro atoms. The van der Waals surface area contributed by atoms with E-state index in [4.69, 9.17) is 4.74 Å². The number of β-amino-alcohol motifs (C(OH)–C–C–N with tert-alkyl or cyclic N) is 1. The van der Waals surface area contributed by atoms with Crippen molar-refractivity contribution in [2.45, 2.75) is 39.4 Å². The number of nitrogens with zero attached hydrogens (tertiary/aromatic N) is 1. The number of urea groups is 1. The van der Waals surface area contributed by atoms with Gasteiger partial charge in [0.25, 0.3) is 0 Å². The zero-order valence-corrected chi connectivity index (χ0v) is 13.6. The molecular formula is C17H26N2O3. The fraction of sp³-hybridized carbons (Fsp3) is 0.588. The molecule has 1 aromatic carbocycles. The van der Waals surface area contributed by atoms with Crippen LogP contribution in [0.5, 0.6) is 5.75 Å². The average Bonchev–Trinajstić information content (AvgIpc) is 2.47. The fourth-order valence-corrected chi connectivity index (χ4v) is 2.54. The van der Waals surface area contributed by atoms with Crippen LogP contribution in [0, 0.1) is 12.8 Å². The van der Waals surface area contributed by atoms with Crippen LogP contribution >= 0.6 is 0 Å². The quantitative estimate of drug-likeness (QED) is 0.896. The van der Waals surface area contributed by atoms with E-state index in [-0.39, 0.29) is 18.1 Å². The van der Waals surface area contributed by atoms with E-state index in [2.05, 4.69) is 5.32 Å². The molecule has 2 rings (SSSR count). The van der Waals surface area contributed by atoms with Gasteiger partial charge in [0.15, 0.2) is 0 Å². The van der Waals surface area contributed by atoms with Gasteiger partial charge in [-0.2, -0.15) is 0 Å². The first-order chi connectivity index (χ1) is 10.5. The van der Waals surface area contributed by atoms with E-state index in [1.54, 1.807) is 4.90 Å². The number of nitrogens with one attached hydrogen (secondary N) is 1. The van der Waals surface area contributed by atoms with Gasteiger partial charge in [0.1, 0.15) is 11.9 Å². The summed E-state index contributed by atoms with van der Waals surface area (Å²) in [4.78, 5) is 13.8. The Kier molecular flexibility index (Phi) is 5.66. The SMILES string of the molecule is Cc1cccc(OC(C)CNC(=O)N2CCC(C)C(O)C2)c1. The normalized spacial score (nSPS) is 23.0. The van der Waals surface area contributed by atoms with E-state index < -0.39 is 6.10 Å². The minimum absolute atomic E-state index is 0.112. The molecule has 0 aliphatic carbocycles. The number of piperidine rings is 1. The lowest BCUT2D eigenvalue weighted by Gasteiger charge is -2.34. The van der Waals surface area contributed by atoms with Crippen LogP contribution in [0.3, 0.4) is 0 Å². The summed E-state index contributed by atoms with van der Waals surface area (Å²) in [5.74, 6) is 1.07. The predicted molar refractivity (Wildman–Crippen MR) is 86.0 cm³/mol. The number of amides is 2. The molecule has 1 aliphatic rings. The largest absolute Gasteiger partial charge is 0.489 e. The molecule has 0 saturated carbocycles. The summed E-state index contributed by atoms with van der Waals surface area (Å²) in [6.45, 7) is 7.49. The zero-order chi connectivity index (χ0) is 16.1. The summed E-state index contributed by atoms with van der Waals surface area (Å²) in [5.41, 5.74) is 1.14. The van der Waals surface area contributed by atoms with Gasteiger partial charge in [-0.05, 0) is 43.9 Å². The average molecular weight is 306 g/mol. The Morgan fingerprint density at radius 3 is 3.00 bits per heavy atom. The van der Waals surface area contributed by atoms with E-state index in [1.165, 1.54) is 0 Å². The van der Waals surface area contributed by atoms with Gasteiger partial charge in [0, 0.05) is 13.1 Å². The summed E-state index contributed by atoms with van der Waals surface area (Å²) < 4.78 is 5.79. The molecule has 1 saturated heterocycles. The number of hydrogen-bond acceptors (Lipinski definition) is 3. The predicted octanol–water partition coefficient (Wildman–Crippen LogP) is 2.17. The van der Waals surface area contributed by atoms with Gasteiger partial charge < -0.3 is 20.1 Å². The molecule has 2 N–H and O–H groups in total. The molecule has 5 heteroatoms. The van der Waals surface area contributed by atoms with E-state index >= 15 is 0 Å². The topological polar surface area (TPSA) is 61.8 Å². The summed E-state index contributed by atoms with van der Waals surface area (Å²) >= 11 is 0. The Morgan fingerprint density at radius 2 is 2.32 bits per heavy atom. The van der Waals surface area contributed by atoms with E-state index in [9.17, 15) is 9.90 Å². The number of ether oxygens (including phenoxy) is 1. The Balaban J connectivity index is 1.76. The first-order valence-electron chi connectivity index (χ1n) is 7.90. The number of aliphatic hydroxyl groups excluding tert-OH is 1. The lowest BCUT2D eigenvalue weighted by molar-refractivity contribution is 0.0431. The molecule has 2 amide bonds. The maximum atomic E-state index is 12.1. The summed E-state index contributed by atoms with van der Waals surface area (Å²) in [6, 6.07) is 7.72. The number of carbonyl (C=O) groups is 1. The second-order valence-corrected chi connectivity index (χ2v) is 6.21. The van der Waals surface area contributed by atoms with Crippen molar-refractivity contribution >= 4 is 6.03 Å². The molecule has 1 aliphatic heterocycles. The second-order valence-electron chi connectivity index (χ2n) is 6.21. The van der Waals surface area contributed by atoms with Gasteiger partial charge >= 0.3 is 6.03 Å². The number of likely N-dealkylation sites (tertiary alicyclic amines) is 1. The van der Waals surface area contributed by atoms with Gasteiger partial charge in [-0.3, -0.25) is 0 Å². The monoisotopic (exact) mass is 306 g/mol. The third kappa shape index (κ3) is 4.63. The van der Waals surface area contributed by atoms with E-state index in [0.717, 1.165) is 17.7 Å². The Morgan fingerprint density at radius 1 is 1.55 bits per heavy atom. The van der Waals surface area contributed by atoms with Crippen molar-refractivity contribution < 1.29 is 14.6 Å². The van der Waals surface area contributed by atoms with Crippen LogP contribution in [-0.4, -0.2) is 47.9 Å². The molecule has 1 fully saturated rings. The van der Waals surface area contributed by atoms with E-state index in [0.29, 0.717) is 19.6 Å². The molecule has 0 aromatic heterocycles. The molecule has 22 heavy (non-hydrogen) atoms. The van der Waals surface area contributed by atoms with Crippen LogP contribution in [0.2, 0.25) is 0 Å². The van der Waals surface area contributed by atoms with Gasteiger partial charge in [0.2, 0.25) is 0 Å². The van der Waals surface area contributed by atoms with Crippen molar-refractivity contribution in [3.63, 3.8) is 0 Å². The number of hydrogen-bond donors (Lipinski definition) is 2. The first kappa shape index (κ1) is 16.6. The summed E-state index contributed by atoms with van der Waals surface area (Å²) in [5, 5.41) is 12.7. The van der Waals surface area contributed by atoms with Crippen molar-refractivity contribution in [3.8, 4) is 5.75 Å². The van der Waals surface area contributed by atoms with Crippen LogP contribution in [0.25, 0.3) is 0 Å². The van der Waals surface area contributed by atoms with E-state index in [1.807, 2.05) is 45.0 Å². The smallest absolute Gasteiger partial charge is 0.317 e. The lowest BCUT2D eigenvalue weighted by Crippen LogP contribution is -2.50. The molecule has 122 valence electrons. The highest BCUT2D eigenvalue weighted by Crippen LogP contribution is 2.17. The minimum Gasteiger partial charge on any atom is -0.489 e. The third-order valence-corrected chi connectivity index (χ3v) is 4.07. The third-order valence-electron chi connectivity index (χ3n) is 4.07. The van der Waals surface area contributed by atoms with Crippen LogP contribution in [0.15, 0.2) is 24.3 Å². The van der Waals surface area contributed by atoms with Gasteiger partial charge in [-0.25, -0.2) is 4.79 Å². The van der Waals surface area contributed by atoms with Crippen molar-refractivity contribution in [1.82, 2.24) is 10.2 Å². The van der Waals surface area contributed by atoms with Gasteiger partial charge in [-0.1, -0.05) is 19.1 Å². The van der Waals surface area contributed by atoms with Crippen molar-refractivity contribution in [2.75, 3.05) is 19.6 Å². The number of benzene rings is 1. The zero-order valence-electron chi connectivity index (χ0n) is 13.6. The highest BCUT2D eigenvalue weighted by atomic mass is 16.5. The molecule has 1 aromatic rings. The Bertz CT molecular complexity index is 506. The van der Waals surface area contributed by atoms with Crippen molar-refractivity contribution in [2.24, 2.45) is 5.92 Å². The van der Waals surface area contributed by atoms with Crippen molar-refractivity contribution in [3.05, 3.63) is 29.8 Å². The Labute approximate surface area is 132 Å². The number of aryl methyl sites for hydroxylation is 1. The highest BCUT2D eigenvalue weighted by Gasteiger charge is 2.27. The van der Waals surface area contributed by atoms with Gasteiger partial charge in [0.05, 0.1) is 12.6 Å².